The van der Waals surface area contributed by atoms with Crippen molar-refractivity contribution < 1.29 is 13.9 Å². The lowest BCUT2D eigenvalue weighted by molar-refractivity contribution is -0.123. The molecule has 0 aliphatic rings. The Morgan fingerprint density at radius 3 is 2.67 bits per heavy atom. The Kier molecular flexibility index (Phi) is 4.60. The van der Waals surface area contributed by atoms with Crippen molar-refractivity contribution in [1.29, 1.82) is 0 Å². The summed E-state index contributed by atoms with van der Waals surface area (Å²) < 4.78 is 17.7. The maximum absolute atomic E-state index is 12.5. The Balaban J connectivity index is 2.30. The first-order chi connectivity index (χ1) is 7.22. The number of ether oxygens (including phenoxy) is 1. The molecule has 0 spiro atoms. The number of halogens is 1. The van der Waals surface area contributed by atoms with E-state index in [1.165, 1.54) is 24.3 Å². The van der Waals surface area contributed by atoms with E-state index in [1.54, 1.807) is 0 Å². The maximum atomic E-state index is 12.5. The number of hydrogen-bond donors (Lipinski definition) is 1. The van der Waals surface area contributed by atoms with E-state index >= 15 is 0 Å². The molecule has 0 saturated heterocycles. The van der Waals surface area contributed by atoms with Gasteiger partial charge in [0, 0.05) is 6.54 Å². The molecule has 0 fully saturated rings. The van der Waals surface area contributed by atoms with Gasteiger partial charge >= 0.3 is 0 Å². The highest BCUT2D eigenvalue weighted by atomic mass is 19.1. The Morgan fingerprint density at radius 1 is 1.40 bits per heavy atom. The van der Waals surface area contributed by atoms with Crippen LogP contribution >= 0.6 is 0 Å². The predicted octanol–water partition coefficient (Wildman–Crippen LogP) is 1.73. The van der Waals surface area contributed by atoms with Crippen LogP contribution in [0.15, 0.2) is 24.3 Å². The van der Waals surface area contributed by atoms with Gasteiger partial charge in [-0.15, -0.1) is 0 Å². The van der Waals surface area contributed by atoms with Crippen LogP contribution in [0, 0.1) is 5.82 Å². The second kappa shape index (κ2) is 6.01. The zero-order valence-corrected chi connectivity index (χ0v) is 8.63. The Morgan fingerprint density at radius 2 is 2.07 bits per heavy atom. The molecule has 0 aliphatic heterocycles. The van der Waals surface area contributed by atoms with Gasteiger partial charge in [-0.25, -0.2) is 4.39 Å². The van der Waals surface area contributed by atoms with Gasteiger partial charge in [0.2, 0.25) is 0 Å². The quantitative estimate of drug-likeness (QED) is 0.805. The molecule has 1 rings (SSSR count). The van der Waals surface area contributed by atoms with E-state index in [0.717, 1.165) is 6.42 Å². The molecular formula is C11H14FNO2. The van der Waals surface area contributed by atoms with Crippen molar-refractivity contribution in [3.63, 3.8) is 0 Å². The van der Waals surface area contributed by atoms with E-state index < -0.39 is 0 Å². The third-order valence-corrected chi connectivity index (χ3v) is 1.76. The summed E-state index contributed by atoms with van der Waals surface area (Å²) in [6, 6.07) is 5.56. The average molecular weight is 211 g/mol. The molecule has 0 heterocycles. The van der Waals surface area contributed by atoms with E-state index in [-0.39, 0.29) is 18.3 Å². The Bertz CT molecular complexity index is 311. The molecule has 0 atom stereocenters. The molecule has 15 heavy (non-hydrogen) atoms. The molecule has 3 nitrogen and oxygen atoms in total. The lowest BCUT2D eigenvalue weighted by Gasteiger charge is -2.06. The standard InChI is InChI=1S/C11H14FNO2/c1-2-7-13-11(14)8-15-10-5-3-9(12)4-6-10/h3-6H,2,7-8H2,1H3,(H,13,14). The summed E-state index contributed by atoms with van der Waals surface area (Å²) in [5.74, 6) is 0.00186. The average Bonchev–Trinajstić information content (AvgIpc) is 2.25. The molecule has 0 aliphatic carbocycles. The Labute approximate surface area is 88.2 Å². The van der Waals surface area contributed by atoms with Gasteiger partial charge in [-0.3, -0.25) is 4.79 Å². The first-order valence-electron chi connectivity index (χ1n) is 4.87. The summed E-state index contributed by atoms with van der Waals surface area (Å²) in [6.45, 7) is 2.58. The monoisotopic (exact) mass is 211 g/mol. The molecule has 1 amide bonds. The molecule has 1 aromatic carbocycles. The molecule has 4 heteroatoms. The van der Waals surface area contributed by atoms with Crippen molar-refractivity contribution >= 4 is 5.91 Å². The third kappa shape index (κ3) is 4.44. The summed E-state index contributed by atoms with van der Waals surface area (Å²) in [5, 5.41) is 2.68. The fraction of sp³-hybridized carbons (Fsp3) is 0.364. The normalized spacial score (nSPS) is 9.73. The van der Waals surface area contributed by atoms with Crippen LogP contribution in [0.1, 0.15) is 13.3 Å². The zero-order chi connectivity index (χ0) is 11.1. The highest BCUT2D eigenvalue weighted by molar-refractivity contribution is 5.77. The number of benzene rings is 1. The van der Waals surface area contributed by atoms with Crippen LogP contribution in [0.4, 0.5) is 4.39 Å². The van der Waals surface area contributed by atoms with Crippen LogP contribution < -0.4 is 10.1 Å². The van der Waals surface area contributed by atoms with E-state index in [0.29, 0.717) is 12.3 Å². The minimum absolute atomic E-state index is 0.0361. The van der Waals surface area contributed by atoms with Gasteiger partial charge in [-0.2, -0.15) is 0 Å². The minimum atomic E-state index is -0.321. The third-order valence-electron chi connectivity index (χ3n) is 1.76. The van der Waals surface area contributed by atoms with Crippen LogP contribution in [-0.2, 0) is 4.79 Å². The molecular weight excluding hydrogens is 197 g/mol. The van der Waals surface area contributed by atoms with E-state index in [1.807, 2.05) is 6.92 Å². The van der Waals surface area contributed by atoms with Crippen LogP contribution in [-0.4, -0.2) is 19.1 Å². The summed E-state index contributed by atoms with van der Waals surface area (Å²) >= 11 is 0. The summed E-state index contributed by atoms with van der Waals surface area (Å²) in [6.07, 6.45) is 0.891. The van der Waals surface area contributed by atoms with E-state index in [9.17, 15) is 9.18 Å². The number of amides is 1. The highest BCUT2D eigenvalue weighted by Crippen LogP contribution is 2.10. The largest absolute Gasteiger partial charge is 0.484 e. The topological polar surface area (TPSA) is 38.3 Å². The van der Waals surface area contributed by atoms with Gasteiger partial charge in [0.25, 0.3) is 5.91 Å². The fourth-order valence-electron chi connectivity index (χ4n) is 0.995. The van der Waals surface area contributed by atoms with Crippen molar-refractivity contribution in [2.75, 3.05) is 13.2 Å². The molecule has 0 unspecified atom stereocenters. The predicted molar refractivity (Wildman–Crippen MR) is 55.2 cm³/mol. The van der Waals surface area contributed by atoms with Gasteiger partial charge in [-0.1, -0.05) is 6.92 Å². The smallest absolute Gasteiger partial charge is 0.257 e. The van der Waals surface area contributed by atoms with Crippen molar-refractivity contribution in [2.24, 2.45) is 0 Å². The number of rotatable bonds is 5. The lowest BCUT2D eigenvalue weighted by atomic mass is 10.3. The van der Waals surface area contributed by atoms with E-state index in [2.05, 4.69) is 5.32 Å². The highest BCUT2D eigenvalue weighted by Gasteiger charge is 2.01. The minimum Gasteiger partial charge on any atom is -0.484 e. The van der Waals surface area contributed by atoms with Gasteiger partial charge in [0.15, 0.2) is 6.61 Å². The van der Waals surface area contributed by atoms with Gasteiger partial charge < -0.3 is 10.1 Å². The van der Waals surface area contributed by atoms with Crippen molar-refractivity contribution in [2.45, 2.75) is 13.3 Å². The van der Waals surface area contributed by atoms with E-state index in [4.69, 9.17) is 4.74 Å². The lowest BCUT2D eigenvalue weighted by Crippen LogP contribution is -2.29. The van der Waals surface area contributed by atoms with Gasteiger partial charge in [-0.05, 0) is 30.7 Å². The van der Waals surface area contributed by atoms with Crippen molar-refractivity contribution in [3.05, 3.63) is 30.1 Å². The molecule has 0 aromatic heterocycles. The zero-order valence-electron chi connectivity index (χ0n) is 8.63. The van der Waals surface area contributed by atoms with Crippen LogP contribution in [0.2, 0.25) is 0 Å². The molecule has 0 radical (unpaired) electrons. The number of carbonyl (C=O) groups excluding carboxylic acids is 1. The molecule has 0 bridgehead atoms. The number of carbonyl (C=O) groups is 1. The van der Waals surface area contributed by atoms with Crippen molar-refractivity contribution in [3.8, 4) is 5.75 Å². The van der Waals surface area contributed by atoms with Crippen LogP contribution in [0.3, 0.4) is 0 Å². The molecule has 1 aromatic rings. The summed E-state index contributed by atoms with van der Waals surface area (Å²) in [7, 11) is 0. The Hall–Kier alpha value is -1.58. The van der Waals surface area contributed by atoms with Crippen LogP contribution in [0.5, 0.6) is 5.75 Å². The summed E-state index contributed by atoms with van der Waals surface area (Å²) in [4.78, 5) is 11.1. The van der Waals surface area contributed by atoms with Gasteiger partial charge in [0.05, 0.1) is 0 Å². The van der Waals surface area contributed by atoms with Crippen LogP contribution in [0.25, 0.3) is 0 Å². The molecule has 0 saturated carbocycles. The summed E-state index contributed by atoms with van der Waals surface area (Å²) in [5.41, 5.74) is 0. The fourth-order valence-corrected chi connectivity index (χ4v) is 0.995. The maximum Gasteiger partial charge on any atom is 0.257 e. The first-order valence-corrected chi connectivity index (χ1v) is 4.87. The first kappa shape index (κ1) is 11.5. The number of nitrogens with one attached hydrogen (secondary N) is 1. The van der Waals surface area contributed by atoms with Crippen molar-refractivity contribution in [1.82, 2.24) is 5.32 Å². The molecule has 1 N–H and O–H groups in total. The molecule has 82 valence electrons. The van der Waals surface area contributed by atoms with Gasteiger partial charge in [0.1, 0.15) is 11.6 Å². The number of hydrogen-bond acceptors (Lipinski definition) is 2. The SMILES string of the molecule is CCCNC(=O)COc1ccc(F)cc1. The second-order valence-corrected chi connectivity index (χ2v) is 3.09. The second-order valence-electron chi connectivity index (χ2n) is 3.09.